The number of aromatic nitrogens is 2. The fraction of sp³-hybridized carbons (Fsp3) is 0.259. The second-order valence-electron chi connectivity index (χ2n) is 8.37. The molecule has 0 aliphatic carbocycles. The standard InChI is InChI=1S/C27H28N4O2/c1-2-31-24-19-20(25(32)30-17-15-28-16-18-30)13-14-23(24)29-26(31)27(33,21-9-5-3-6-10-21)22-11-7-4-8-12-22/h3-14,19,28,33H,2,15-18H2,1H3. The van der Waals surface area contributed by atoms with Crippen molar-refractivity contribution in [2.45, 2.75) is 19.1 Å². The SMILES string of the molecule is CCn1c(C(O)(c2ccccc2)c2ccccc2)nc2ccc(C(=O)N3CCNCC3)cc21. The molecule has 1 aromatic heterocycles. The van der Waals surface area contributed by atoms with E-state index in [1.54, 1.807) is 0 Å². The van der Waals surface area contributed by atoms with Crippen molar-refractivity contribution in [3.05, 3.63) is 101 Å². The molecule has 1 fully saturated rings. The second-order valence-corrected chi connectivity index (χ2v) is 8.37. The fourth-order valence-electron chi connectivity index (χ4n) is 4.69. The molecule has 1 aliphatic rings. The van der Waals surface area contributed by atoms with Crippen LogP contribution in [0.5, 0.6) is 0 Å². The van der Waals surface area contributed by atoms with Crippen molar-refractivity contribution in [2.24, 2.45) is 0 Å². The minimum atomic E-state index is -1.43. The highest BCUT2D eigenvalue weighted by atomic mass is 16.3. The lowest BCUT2D eigenvalue weighted by Gasteiger charge is -2.29. The molecule has 33 heavy (non-hydrogen) atoms. The lowest BCUT2D eigenvalue weighted by molar-refractivity contribution is 0.0736. The van der Waals surface area contributed by atoms with Gasteiger partial charge in [0.05, 0.1) is 11.0 Å². The molecule has 1 amide bonds. The van der Waals surface area contributed by atoms with Gasteiger partial charge in [-0.3, -0.25) is 4.79 Å². The Morgan fingerprint density at radius 3 is 2.15 bits per heavy atom. The third kappa shape index (κ3) is 3.71. The van der Waals surface area contributed by atoms with Crippen LogP contribution in [0.3, 0.4) is 0 Å². The van der Waals surface area contributed by atoms with E-state index in [2.05, 4.69) is 5.32 Å². The van der Waals surface area contributed by atoms with E-state index in [1.807, 2.05) is 95.3 Å². The van der Waals surface area contributed by atoms with Crippen LogP contribution in [-0.4, -0.2) is 51.6 Å². The minimum absolute atomic E-state index is 0.0326. The van der Waals surface area contributed by atoms with Crippen LogP contribution in [0.4, 0.5) is 0 Å². The summed E-state index contributed by atoms with van der Waals surface area (Å²) in [5.74, 6) is 0.578. The monoisotopic (exact) mass is 440 g/mol. The van der Waals surface area contributed by atoms with Gasteiger partial charge < -0.3 is 19.9 Å². The minimum Gasteiger partial charge on any atom is -0.373 e. The number of amides is 1. The number of hydrogen-bond donors (Lipinski definition) is 2. The van der Waals surface area contributed by atoms with Crippen LogP contribution in [0.1, 0.15) is 34.2 Å². The molecule has 0 bridgehead atoms. The average Bonchev–Trinajstić information content (AvgIpc) is 3.27. The van der Waals surface area contributed by atoms with Crippen molar-refractivity contribution >= 4 is 16.9 Å². The van der Waals surface area contributed by atoms with E-state index in [0.717, 1.165) is 35.2 Å². The Morgan fingerprint density at radius 2 is 1.58 bits per heavy atom. The first-order chi connectivity index (χ1) is 16.1. The van der Waals surface area contributed by atoms with E-state index in [-0.39, 0.29) is 5.91 Å². The van der Waals surface area contributed by atoms with Gasteiger partial charge in [-0.1, -0.05) is 60.7 Å². The highest BCUT2D eigenvalue weighted by molar-refractivity contribution is 5.97. The van der Waals surface area contributed by atoms with Crippen molar-refractivity contribution in [1.29, 1.82) is 0 Å². The van der Waals surface area contributed by atoms with Crippen LogP contribution in [0.25, 0.3) is 11.0 Å². The van der Waals surface area contributed by atoms with Gasteiger partial charge in [0, 0.05) is 38.3 Å². The molecule has 5 rings (SSSR count). The molecule has 0 spiro atoms. The molecule has 0 radical (unpaired) electrons. The lowest BCUT2D eigenvalue weighted by Crippen LogP contribution is -2.46. The van der Waals surface area contributed by atoms with Crippen molar-refractivity contribution < 1.29 is 9.90 Å². The Bertz CT molecular complexity index is 1220. The number of carbonyl (C=O) groups is 1. The number of aliphatic hydroxyl groups is 1. The Balaban J connectivity index is 1.67. The molecule has 3 aromatic carbocycles. The third-order valence-corrected chi connectivity index (χ3v) is 6.42. The van der Waals surface area contributed by atoms with Crippen LogP contribution in [0.15, 0.2) is 78.9 Å². The smallest absolute Gasteiger partial charge is 0.254 e. The van der Waals surface area contributed by atoms with Gasteiger partial charge in [0.2, 0.25) is 0 Å². The van der Waals surface area contributed by atoms with Gasteiger partial charge in [-0.15, -0.1) is 0 Å². The van der Waals surface area contributed by atoms with Gasteiger partial charge in [0.15, 0.2) is 11.4 Å². The number of nitrogens with zero attached hydrogens (tertiary/aromatic N) is 3. The van der Waals surface area contributed by atoms with Gasteiger partial charge in [-0.2, -0.15) is 0 Å². The highest BCUT2D eigenvalue weighted by Crippen LogP contribution is 2.37. The number of fused-ring (bicyclic) bond motifs is 1. The Hall–Kier alpha value is -3.48. The molecule has 1 saturated heterocycles. The molecular formula is C27H28N4O2. The van der Waals surface area contributed by atoms with Gasteiger partial charge in [0.1, 0.15) is 0 Å². The quantitative estimate of drug-likeness (QED) is 0.499. The van der Waals surface area contributed by atoms with E-state index in [0.29, 0.717) is 31.0 Å². The summed E-state index contributed by atoms with van der Waals surface area (Å²) in [5, 5.41) is 15.5. The van der Waals surface area contributed by atoms with Gasteiger partial charge in [-0.05, 0) is 36.2 Å². The highest BCUT2D eigenvalue weighted by Gasteiger charge is 2.38. The summed E-state index contributed by atoms with van der Waals surface area (Å²) in [6.45, 7) is 5.68. The normalized spacial score (nSPS) is 14.5. The molecule has 0 atom stereocenters. The van der Waals surface area contributed by atoms with Gasteiger partial charge in [-0.25, -0.2) is 4.98 Å². The Kier molecular flexibility index (Phi) is 5.70. The van der Waals surface area contributed by atoms with E-state index < -0.39 is 5.60 Å². The number of piperazine rings is 1. The number of nitrogens with one attached hydrogen (secondary N) is 1. The molecule has 6 nitrogen and oxygen atoms in total. The van der Waals surface area contributed by atoms with Crippen LogP contribution < -0.4 is 5.32 Å². The number of carbonyl (C=O) groups excluding carboxylic acids is 1. The summed E-state index contributed by atoms with van der Waals surface area (Å²) in [5.41, 5.74) is 2.32. The van der Waals surface area contributed by atoms with E-state index in [1.165, 1.54) is 0 Å². The van der Waals surface area contributed by atoms with Crippen molar-refractivity contribution in [1.82, 2.24) is 19.8 Å². The molecule has 6 heteroatoms. The molecular weight excluding hydrogens is 412 g/mol. The van der Waals surface area contributed by atoms with Crippen molar-refractivity contribution in [3.63, 3.8) is 0 Å². The Labute approximate surface area is 193 Å². The number of imidazole rings is 1. The maximum absolute atomic E-state index is 13.1. The van der Waals surface area contributed by atoms with E-state index in [9.17, 15) is 9.90 Å². The predicted octanol–water partition coefficient (Wildman–Crippen LogP) is 3.39. The molecule has 0 saturated carbocycles. The molecule has 1 aliphatic heterocycles. The summed E-state index contributed by atoms with van der Waals surface area (Å²) in [6, 6.07) is 24.9. The summed E-state index contributed by atoms with van der Waals surface area (Å²) < 4.78 is 2.02. The molecule has 4 aromatic rings. The molecule has 2 heterocycles. The number of benzene rings is 3. The largest absolute Gasteiger partial charge is 0.373 e. The average molecular weight is 441 g/mol. The van der Waals surface area contributed by atoms with Crippen LogP contribution >= 0.6 is 0 Å². The molecule has 2 N–H and O–H groups in total. The van der Waals surface area contributed by atoms with E-state index in [4.69, 9.17) is 4.98 Å². The van der Waals surface area contributed by atoms with Crippen LogP contribution in [0, 0.1) is 0 Å². The molecule has 0 unspecified atom stereocenters. The first-order valence-electron chi connectivity index (χ1n) is 11.5. The zero-order chi connectivity index (χ0) is 22.8. The number of aryl methyl sites for hydroxylation is 1. The van der Waals surface area contributed by atoms with Gasteiger partial charge >= 0.3 is 0 Å². The first kappa shape index (κ1) is 21.4. The van der Waals surface area contributed by atoms with Gasteiger partial charge in [0.25, 0.3) is 5.91 Å². The summed E-state index contributed by atoms with van der Waals surface area (Å²) in [6.07, 6.45) is 0. The topological polar surface area (TPSA) is 70.4 Å². The predicted molar refractivity (Wildman–Crippen MR) is 129 cm³/mol. The maximum atomic E-state index is 13.1. The maximum Gasteiger partial charge on any atom is 0.254 e. The number of rotatable bonds is 5. The van der Waals surface area contributed by atoms with Crippen molar-refractivity contribution in [3.8, 4) is 0 Å². The zero-order valence-corrected chi connectivity index (χ0v) is 18.7. The molecule has 168 valence electrons. The van der Waals surface area contributed by atoms with Crippen LogP contribution in [0.2, 0.25) is 0 Å². The lowest BCUT2D eigenvalue weighted by atomic mass is 9.85. The van der Waals surface area contributed by atoms with Crippen LogP contribution in [-0.2, 0) is 12.1 Å². The van der Waals surface area contributed by atoms with E-state index >= 15 is 0 Å². The summed E-state index contributed by atoms with van der Waals surface area (Å²) >= 11 is 0. The zero-order valence-electron chi connectivity index (χ0n) is 18.7. The first-order valence-corrected chi connectivity index (χ1v) is 11.5. The van der Waals surface area contributed by atoms with Crippen molar-refractivity contribution in [2.75, 3.05) is 26.2 Å². The third-order valence-electron chi connectivity index (χ3n) is 6.42. The second kappa shape index (κ2) is 8.81. The summed E-state index contributed by atoms with van der Waals surface area (Å²) in [7, 11) is 0. The Morgan fingerprint density at radius 1 is 0.970 bits per heavy atom. The summed E-state index contributed by atoms with van der Waals surface area (Å²) in [4.78, 5) is 19.9. The fourth-order valence-corrected chi connectivity index (χ4v) is 4.69. The number of hydrogen-bond acceptors (Lipinski definition) is 4.